The molecule has 0 atom stereocenters. The number of carbonyl (C=O) groups is 3. The number of carboxylic acids is 1. The lowest BCUT2D eigenvalue weighted by Crippen LogP contribution is -2.33. The molecule has 0 unspecified atom stereocenters. The molecule has 1 aliphatic rings. The average molecular weight is 248 g/mol. The van der Waals surface area contributed by atoms with E-state index < -0.39 is 11.4 Å². The molecule has 6 heteroatoms. The number of carbonyl (C=O) groups excluding carboxylic acids is 2. The molecule has 18 heavy (non-hydrogen) atoms. The maximum atomic E-state index is 12.0. The first-order valence-corrected chi connectivity index (χ1v) is 5.40. The Morgan fingerprint density at radius 2 is 2.11 bits per heavy atom. The predicted molar refractivity (Wildman–Crippen MR) is 62.1 cm³/mol. The van der Waals surface area contributed by atoms with Gasteiger partial charge in [0.05, 0.1) is 11.0 Å². The summed E-state index contributed by atoms with van der Waals surface area (Å²) in [5.74, 6) is -1.78. The van der Waals surface area contributed by atoms with Crippen LogP contribution in [0.3, 0.4) is 0 Å². The summed E-state index contributed by atoms with van der Waals surface area (Å²) < 4.78 is 0. The fourth-order valence-corrected chi connectivity index (χ4v) is 1.85. The highest BCUT2D eigenvalue weighted by Crippen LogP contribution is 2.34. The molecule has 2 rings (SSSR count). The number of hydrogen-bond donors (Lipinski definition) is 1. The van der Waals surface area contributed by atoms with E-state index in [1.165, 1.54) is 18.3 Å². The zero-order valence-electron chi connectivity index (χ0n) is 10.0. The predicted octanol–water partition coefficient (Wildman–Crippen LogP) is 1.07. The number of carboxylic acid groups (broad SMARTS) is 1. The fourth-order valence-electron chi connectivity index (χ4n) is 1.85. The maximum Gasteiger partial charge on any atom is 0.335 e. The zero-order valence-corrected chi connectivity index (χ0v) is 10.0. The van der Waals surface area contributed by atoms with Gasteiger partial charge in [0.25, 0.3) is 0 Å². The molecule has 1 aromatic rings. The van der Waals surface area contributed by atoms with Crippen molar-refractivity contribution < 1.29 is 19.5 Å². The van der Waals surface area contributed by atoms with Gasteiger partial charge in [-0.2, -0.15) is 0 Å². The van der Waals surface area contributed by atoms with Crippen LogP contribution < -0.4 is 4.90 Å². The van der Waals surface area contributed by atoms with E-state index in [4.69, 9.17) is 5.11 Å². The Hall–Kier alpha value is -2.24. The van der Waals surface area contributed by atoms with Crippen LogP contribution in [0.25, 0.3) is 0 Å². The van der Waals surface area contributed by atoms with Crippen molar-refractivity contribution in [3.05, 3.63) is 23.9 Å². The molecule has 0 aromatic carbocycles. The molecule has 94 valence electrons. The topological polar surface area (TPSA) is 87.6 Å². The molecule has 0 aliphatic carbocycles. The highest BCUT2D eigenvalue weighted by atomic mass is 16.4. The summed E-state index contributed by atoms with van der Waals surface area (Å²) >= 11 is 0. The lowest BCUT2D eigenvalue weighted by molar-refractivity contribution is -0.124. The Kier molecular flexibility index (Phi) is 2.65. The van der Waals surface area contributed by atoms with Gasteiger partial charge in [0.1, 0.15) is 5.82 Å². The van der Waals surface area contributed by atoms with Gasteiger partial charge in [-0.3, -0.25) is 9.59 Å². The lowest BCUT2D eigenvalue weighted by Gasteiger charge is -2.16. The molecule has 0 bridgehead atoms. The van der Waals surface area contributed by atoms with E-state index in [-0.39, 0.29) is 29.6 Å². The lowest BCUT2D eigenvalue weighted by atomic mass is 9.92. The summed E-state index contributed by atoms with van der Waals surface area (Å²) in [5, 5.41) is 8.87. The zero-order chi connectivity index (χ0) is 13.5. The van der Waals surface area contributed by atoms with Gasteiger partial charge in [-0.25, -0.2) is 14.7 Å². The van der Waals surface area contributed by atoms with Crippen molar-refractivity contribution in [3.63, 3.8) is 0 Å². The van der Waals surface area contributed by atoms with Crippen LogP contribution >= 0.6 is 0 Å². The van der Waals surface area contributed by atoms with Crippen molar-refractivity contribution in [2.45, 2.75) is 20.3 Å². The smallest absolute Gasteiger partial charge is 0.335 e. The number of rotatable bonds is 2. The highest BCUT2D eigenvalue weighted by Gasteiger charge is 2.46. The third kappa shape index (κ3) is 1.85. The molecule has 0 spiro atoms. The molecular weight excluding hydrogens is 236 g/mol. The minimum absolute atomic E-state index is 0.00898. The quantitative estimate of drug-likeness (QED) is 0.791. The summed E-state index contributed by atoms with van der Waals surface area (Å²) in [6.45, 7) is 3.35. The minimum atomic E-state index is -1.13. The average Bonchev–Trinajstić information content (AvgIpc) is 2.48. The van der Waals surface area contributed by atoms with Crippen LogP contribution in [0.2, 0.25) is 0 Å². The second kappa shape index (κ2) is 3.90. The second-order valence-electron chi connectivity index (χ2n) is 4.80. The van der Waals surface area contributed by atoms with E-state index in [0.29, 0.717) is 0 Å². The highest BCUT2D eigenvalue weighted by molar-refractivity contribution is 6.21. The Balaban J connectivity index is 2.44. The van der Waals surface area contributed by atoms with Gasteiger partial charge in [-0.05, 0) is 12.1 Å². The third-order valence-corrected chi connectivity index (χ3v) is 2.85. The van der Waals surface area contributed by atoms with E-state index in [1.807, 2.05) is 0 Å². The fraction of sp³-hybridized carbons (Fsp3) is 0.333. The van der Waals surface area contributed by atoms with Crippen molar-refractivity contribution >= 4 is 23.6 Å². The Morgan fingerprint density at radius 3 is 2.61 bits per heavy atom. The van der Waals surface area contributed by atoms with Crippen LogP contribution in [0.1, 0.15) is 30.6 Å². The Morgan fingerprint density at radius 1 is 1.44 bits per heavy atom. The molecule has 1 saturated heterocycles. The normalized spacial score (nSPS) is 18.2. The summed E-state index contributed by atoms with van der Waals surface area (Å²) in [6.07, 6.45) is 1.37. The first kappa shape index (κ1) is 12.2. The summed E-state index contributed by atoms with van der Waals surface area (Å²) in [7, 11) is 0. The largest absolute Gasteiger partial charge is 0.478 e. The SMILES string of the molecule is CC1(C)CC(=O)N(c2cc(C(=O)O)ccn2)C1=O. The van der Waals surface area contributed by atoms with Crippen LogP contribution in [-0.4, -0.2) is 27.9 Å². The number of hydrogen-bond acceptors (Lipinski definition) is 4. The van der Waals surface area contributed by atoms with Crippen molar-refractivity contribution in [1.29, 1.82) is 0 Å². The van der Waals surface area contributed by atoms with E-state index >= 15 is 0 Å². The number of pyridine rings is 1. The van der Waals surface area contributed by atoms with Gasteiger partial charge in [0.2, 0.25) is 11.8 Å². The van der Waals surface area contributed by atoms with Crippen LogP contribution in [0.4, 0.5) is 5.82 Å². The van der Waals surface area contributed by atoms with E-state index in [2.05, 4.69) is 4.98 Å². The van der Waals surface area contributed by atoms with Crippen molar-refractivity contribution in [2.24, 2.45) is 5.41 Å². The van der Waals surface area contributed by atoms with Gasteiger partial charge in [0.15, 0.2) is 0 Å². The number of amides is 2. The molecule has 0 saturated carbocycles. The third-order valence-electron chi connectivity index (χ3n) is 2.85. The first-order chi connectivity index (χ1) is 8.33. The van der Waals surface area contributed by atoms with Crippen LogP contribution in [0, 0.1) is 5.41 Å². The van der Waals surface area contributed by atoms with Crippen LogP contribution in [-0.2, 0) is 9.59 Å². The van der Waals surface area contributed by atoms with Gasteiger partial charge >= 0.3 is 5.97 Å². The molecule has 2 amide bonds. The van der Waals surface area contributed by atoms with E-state index in [0.717, 1.165) is 4.90 Å². The number of anilines is 1. The number of aromatic nitrogens is 1. The molecular formula is C12H12N2O4. The van der Waals surface area contributed by atoms with Gasteiger partial charge in [-0.1, -0.05) is 13.8 Å². The van der Waals surface area contributed by atoms with Crippen LogP contribution in [0.15, 0.2) is 18.3 Å². The summed E-state index contributed by atoms with van der Waals surface area (Å²) in [4.78, 5) is 39.5. The maximum absolute atomic E-state index is 12.0. The minimum Gasteiger partial charge on any atom is -0.478 e. The molecule has 2 heterocycles. The monoisotopic (exact) mass is 248 g/mol. The molecule has 1 fully saturated rings. The Bertz CT molecular complexity index is 551. The molecule has 1 aromatic heterocycles. The number of aromatic carboxylic acids is 1. The number of nitrogens with zero attached hydrogens (tertiary/aromatic N) is 2. The molecule has 0 radical (unpaired) electrons. The van der Waals surface area contributed by atoms with Crippen LogP contribution in [0.5, 0.6) is 0 Å². The van der Waals surface area contributed by atoms with E-state index in [9.17, 15) is 14.4 Å². The molecule has 6 nitrogen and oxygen atoms in total. The van der Waals surface area contributed by atoms with Gasteiger partial charge in [0, 0.05) is 12.6 Å². The summed E-state index contributed by atoms with van der Waals surface area (Å²) in [5.41, 5.74) is -0.775. The van der Waals surface area contributed by atoms with Crippen molar-refractivity contribution in [2.75, 3.05) is 4.90 Å². The molecule has 1 aliphatic heterocycles. The number of imide groups is 1. The van der Waals surface area contributed by atoms with Crippen molar-refractivity contribution in [3.8, 4) is 0 Å². The first-order valence-electron chi connectivity index (χ1n) is 5.40. The molecule has 1 N–H and O–H groups in total. The second-order valence-corrected chi connectivity index (χ2v) is 4.80. The standard InChI is InChI=1S/C12H12N2O4/c1-12(2)6-9(15)14(11(12)18)8-5-7(10(16)17)3-4-13-8/h3-5H,6H2,1-2H3,(H,16,17). The van der Waals surface area contributed by atoms with E-state index in [1.54, 1.807) is 13.8 Å². The van der Waals surface area contributed by atoms with Gasteiger partial charge in [-0.15, -0.1) is 0 Å². The van der Waals surface area contributed by atoms with Crippen molar-refractivity contribution in [1.82, 2.24) is 4.98 Å². The Labute approximate surface area is 103 Å². The van der Waals surface area contributed by atoms with Gasteiger partial charge < -0.3 is 5.11 Å². The summed E-state index contributed by atoms with van der Waals surface area (Å²) in [6, 6.07) is 2.53.